The van der Waals surface area contributed by atoms with Crippen LogP contribution >= 0.6 is 11.6 Å². The summed E-state index contributed by atoms with van der Waals surface area (Å²) in [6.45, 7) is 0. The van der Waals surface area contributed by atoms with Gasteiger partial charge < -0.3 is 10.1 Å². The SMILES string of the molecule is O=C(O)c1cnc2nc(-c3ccc(Cl)cn3)[nH]c2c1. The van der Waals surface area contributed by atoms with Crippen LogP contribution in [-0.2, 0) is 0 Å². The standard InChI is InChI=1S/C12H7ClN4O2/c13-7-1-2-8(14-5-7)11-16-9-3-6(12(18)19)4-15-10(9)17-11/h1-5H,(H,18,19)(H,15,16,17). The van der Waals surface area contributed by atoms with Crippen molar-refractivity contribution in [2.75, 3.05) is 0 Å². The minimum absolute atomic E-state index is 0.103. The highest BCUT2D eigenvalue weighted by molar-refractivity contribution is 6.30. The van der Waals surface area contributed by atoms with E-state index >= 15 is 0 Å². The fourth-order valence-corrected chi connectivity index (χ4v) is 1.77. The average Bonchev–Trinajstić information content (AvgIpc) is 2.82. The average molecular weight is 275 g/mol. The first-order valence-corrected chi connectivity index (χ1v) is 5.72. The van der Waals surface area contributed by atoms with Gasteiger partial charge in [-0.3, -0.25) is 4.98 Å². The van der Waals surface area contributed by atoms with Crippen LogP contribution in [0.2, 0.25) is 5.02 Å². The van der Waals surface area contributed by atoms with Gasteiger partial charge in [0, 0.05) is 12.4 Å². The molecule has 3 heterocycles. The molecule has 0 unspecified atom stereocenters. The van der Waals surface area contributed by atoms with Gasteiger partial charge in [0.1, 0.15) is 5.69 Å². The van der Waals surface area contributed by atoms with Crippen molar-refractivity contribution in [3.63, 3.8) is 0 Å². The van der Waals surface area contributed by atoms with Gasteiger partial charge in [-0.15, -0.1) is 0 Å². The number of nitrogens with zero attached hydrogens (tertiary/aromatic N) is 3. The van der Waals surface area contributed by atoms with Gasteiger partial charge in [-0.05, 0) is 18.2 Å². The maximum Gasteiger partial charge on any atom is 0.337 e. The molecule has 3 rings (SSSR count). The van der Waals surface area contributed by atoms with E-state index in [4.69, 9.17) is 16.7 Å². The van der Waals surface area contributed by atoms with Crippen molar-refractivity contribution in [2.24, 2.45) is 0 Å². The summed E-state index contributed by atoms with van der Waals surface area (Å²) in [6.07, 6.45) is 2.78. The largest absolute Gasteiger partial charge is 0.478 e. The maximum absolute atomic E-state index is 10.9. The molecule has 0 spiro atoms. The Balaban J connectivity index is 2.11. The molecule has 0 amide bonds. The summed E-state index contributed by atoms with van der Waals surface area (Å²) in [7, 11) is 0. The van der Waals surface area contributed by atoms with Gasteiger partial charge >= 0.3 is 5.97 Å². The lowest BCUT2D eigenvalue weighted by atomic mass is 10.3. The van der Waals surface area contributed by atoms with Crippen LogP contribution in [0, 0.1) is 0 Å². The Kier molecular flexibility index (Phi) is 2.64. The molecule has 3 aromatic rings. The summed E-state index contributed by atoms with van der Waals surface area (Å²) in [6, 6.07) is 4.91. The van der Waals surface area contributed by atoms with Crippen molar-refractivity contribution in [1.29, 1.82) is 0 Å². The van der Waals surface area contributed by atoms with E-state index in [1.54, 1.807) is 12.1 Å². The fraction of sp³-hybridized carbons (Fsp3) is 0. The monoisotopic (exact) mass is 274 g/mol. The molecule has 0 radical (unpaired) electrons. The van der Waals surface area contributed by atoms with E-state index in [1.807, 2.05) is 0 Å². The summed E-state index contributed by atoms with van der Waals surface area (Å²) in [5.41, 5.74) is 1.70. The van der Waals surface area contributed by atoms with E-state index in [-0.39, 0.29) is 5.56 Å². The Morgan fingerprint density at radius 3 is 2.79 bits per heavy atom. The minimum Gasteiger partial charge on any atom is -0.478 e. The topological polar surface area (TPSA) is 91.8 Å². The zero-order valence-corrected chi connectivity index (χ0v) is 10.2. The van der Waals surface area contributed by atoms with Crippen molar-refractivity contribution >= 4 is 28.7 Å². The quantitative estimate of drug-likeness (QED) is 0.748. The number of pyridine rings is 2. The Morgan fingerprint density at radius 1 is 1.26 bits per heavy atom. The minimum atomic E-state index is -1.03. The van der Waals surface area contributed by atoms with Crippen molar-refractivity contribution in [2.45, 2.75) is 0 Å². The Labute approximate surface area is 112 Å². The number of aromatic nitrogens is 4. The zero-order chi connectivity index (χ0) is 13.4. The van der Waals surface area contributed by atoms with Crippen LogP contribution in [0.5, 0.6) is 0 Å². The molecule has 7 heteroatoms. The van der Waals surface area contributed by atoms with Crippen LogP contribution in [0.1, 0.15) is 10.4 Å². The fourth-order valence-electron chi connectivity index (χ4n) is 1.65. The number of rotatable bonds is 2. The van der Waals surface area contributed by atoms with Gasteiger partial charge in [-0.25, -0.2) is 14.8 Å². The van der Waals surface area contributed by atoms with Crippen molar-refractivity contribution in [3.8, 4) is 11.5 Å². The molecule has 94 valence electrons. The first kappa shape index (κ1) is 11.6. The highest BCUT2D eigenvalue weighted by Gasteiger charge is 2.10. The molecule has 2 N–H and O–H groups in total. The van der Waals surface area contributed by atoms with Crippen LogP contribution in [0.4, 0.5) is 0 Å². The van der Waals surface area contributed by atoms with Crippen molar-refractivity contribution in [3.05, 3.63) is 41.2 Å². The number of aromatic carboxylic acids is 1. The molecule has 0 aliphatic rings. The number of nitrogens with one attached hydrogen (secondary N) is 1. The lowest BCUT2D eigenvalue weighted by Gasteiger charge is -1.94. The smallest absolute Gasteiger partial charge is 0.337 e. The first-order chi connectivity index (χ1) is 9.13. The molecular weight excluding hydrogens is 268 g/mol. The highest BCUT2D eigenvalue weighted by atomic mass is 35.5. The number of halogens is 1. The number of imidazole rings is 1. The van der Waals surface area contributed by atoms with Crippen molar-refractivity contribution < 1.29 is 9.90 Å². The second-order valence-corrected chi connectivity index (χ2v) is 4.28. The van der Waals surface area contributed by atoms with Gasteiger partial charge in [0.25, 0.3) is 0 Å². The molecule has 6 nitrogen and oxygen atoms in total. The van der Waals surface area contributed by atoms with Gasteiger partial charge in [-0.2, -0.15) is 0 Å². The molecule has 19 heavy (non-hydrogen) atoms. The zero-order valence-electron chi connectivity index (χ0n) is 9.46. The number of H-pyrrole nitrogens is 1. The third-order valence-electron chi connectivity index (χ3n) is 2.55. The number of carboxylic acids is 1. The van der Waals surface area contributed by atoms with Crippen LogP contribution in [-0.4, -0.2) is 31.0 Å². The molecular formula is C12H7ClN4O2. The van der Waals surface area contributed by atoms with E-state index in [9.17, 15) is 4.79 Å². The number of hydrogen-bond donors (Lipinski definition) is 2. The number of fused-ring (bicyclic) bond motifs is 1. The van der Waals surface area contributed by atoms with Crippen LogP contribution in [0.3, 0.4) is 0 Å². The molecule has 0 saturated heterocycles. The summed E-state index contributed by atoms with van der Waals surface area (Å²) < 4.78 is 0. The molecule has 0 bridgehead atoms. The molecule has 3 aromatic heterocycles. The molecule has 0 saturated carbocycles. The van der Waals surface area contributed by atoms with Crippen LogP contribution < -0.4 is 0 Å². The summed E-state index contributed by atoms with van der Waals surface area (Å²) in [4.78, 5) is 26.2. The van der Waals surface area contributed by atoms with E-state index in [1.165, 1.54) is 18.5 Å². The van der Waals surface area contributed by atoms with Crippen LogP contribution in [0.25, 0.3) is 22.7 Å². The molecule has 0 aromatic carbocycles. The van der Waals surface area contributed by atoms with E-state index in [0.29, 0.717) is 27.7 Å². The third-order valence-corrected chi connectivity index (χ3v) is 2.78. The third kappa shape index (κ3) is 2.13. The van der Waals surface area contributed by atoms with E-state index in [0.717, 1.165) is 0 Å². The van der Waals surface area contributed by atoms with Crippen molar-refractivity contribution in [1.82, 2.24) is 19.9 Å². The Bertz CT molecular complexity index is 767. The number of hydrogen-bond acceptors (Lipinski definition) is 4. The van der Waals surface area contributed by atoms with Gasteiger partial charge in [0.15, 0.2) is 11.5 Å². The first-order valence-electron chi connectivity index (χ1n) is 5.34. The molecule has 0 aliphatic heterocycles. The highest BCUT2D eigenvalue weighted by Crippen LogP contribution is 2.19. The Hall–Kier alpha value is -2.47. The number of carboxylic acid groups (broad SMARTS) is 1. The lowest BCUT2D eigenvalue weighted by molar-refractivity contribution is 0.0696. The molecule has 0 aliphatic carbocycles. The summed E-state index contributed by atoms with van der Waals surface area (Å²) in [5.74, 6) is -0.517. The van der Waals surface area contributed by atoms with E-state index in [2.05, 4.69) is 19.9 Å². The number of carbonyl (C=O) groups is 1. The van der Waals surface area contributed by atoms with Gasteiger partial charge in [-0.1, -0.05) is 11.6 Å². The second-order valence-electron chi connectivity index (χ2n) is 3.85. The van der Waals surface area contributed by atoms with Crippen LogP contribution in [0.15, 0.2) is 30.6 Å². The normalized spacial score (nSPS) is 10.8. The van der Waals surface area contributed by atoms with E-state index < -0.39 is 5.97 Å². The lowest BCUT2D eigenvalue weighted by Crippen LogP contribution is -1.96. The van der Waals surface area contributed by atoms with Gasteiger partial charge in [0.05, 0.1) is 16.1 Å². The summed E-state index contributed by atoms with van der Waals surface area (Å²) >= 11 is 5.76. The predicted molar refractivity (Wildman–Crippen MR) is 69.1 cm³/mol. The maximum atomic E-state index is 10.9. The second kappa shape index (κ2) is 4.33. The van der Waals surface area contributed by atoms with Gasteiger partial charge in [0.2, 0.25) is 0 Å². The number of aromatic amines is 1. The predicted octanol–water partition coefficient (Wildman–Crippen LogP) is 2.37. The molecule has 0 atom stereocenters. The Morgan fingerprint density at radius 2 is 2.11 bits per heavy atom. The molecule has 0 fully saturated rings. The summed E-state index contributed by atoms with van der Waals surface area (Å²) in [5, 5.41) is 9.43.